The number of ether oxygens (including phenoxy) is 1. The van der Waals surface area contributed by atoms with Crippen LogP contribution >= 0.6 is 0 Å². The summed E-state index contributed by atoms with van der Waals surface area (Å²) in [5, 5.41) is 0.139. The van der Waals surface area contributed by atoms with Gasteiger partial charge in [0.05, 0.1) is 7.11 Å². The number of carbonyl (C=O) groups excluding carboxylic acids is 1. The first-order chi connectivity index (χ1) is 7.57. The third-order valence-corrected chi connectivity index (χ3v) is 4.75. The van der Waals surface area contributed by atoms with Crippen molar-refractivity contribution in [2.75, 3.05) is 26.9 Å². The van der Waals surface area contributed by atoms with Gasteiger partial charge in [-0.15, -0.1) is 0 Å². The number of rotatable bonds is 8. The minimum absolute atomic E-state index is 0.139. The Labute approximate surface area is 97.7 Å². The quantitative estimate of drug-likeness (QED) is 0.368. The highest BCUT2D eigenvalue weighted by Gasteiger charge is 2.48. The van der Waals surface area contributed by atoms with Crippen molar-refractivity contribution in [2.45, 2.75) is 20.8 Å². The molecule has 0 aliphatic heterocycles. The van der Waals surface area contributed by atoms with Crippen LogP contribution in [0.15, 0.2) is 11.8 Å². The van der Waals surface area contributed by atoms with Gasteiger partial charge in [-0.2, -0.15) is 0 Å². The Morgan fingerprint density at radius 3 is 1.69 bits per heavy atom. The summed E-state index contributed by atoms with van der Waals surface area (Å²) in [5.41, 5.74) is 0. The van der Waals surface area contributed by atoms with Crippen molar-refractivity contribution in [2.24, 2.45) is 0 Å². The van der Waals surface area contributed by atoms with Crippen LogP contribution in [-0.2, 0) is 22.8 Å². The molecule has 0 aromatic heterocycles. The van der Waals surface area contributed by atoms with Crippen molar-refractivity contribution in [1.29, 1.82) is 0 Å². The normalized spacial score (nSPS) is 11.2. The van der Waals surface area contributed by atoms with E-state index in [2.05, 4.69) is 11.3 Å². The highest BCUT2D eigenvalue weighted by Crippen LogP contribution is 2.19. The van der Waals surface area contributed by atoms with Crippen molar-refractivity contribution in [3.05, 3.63) is 11.8 Å². The second-order valence-corrected chi connectivity index (χ2v) is 5.41. The molecule has 0 atom stereocenters. The molecule has 0 amide bonds. The summed E-state index contributed by atoms with van der Waals surface area (Å²) < 4.78 is 21.1. The van der Waals surface area contributed by atoms with Gasteiger partial charge in [-0.25, -0.2) is 4.79 Å². The van der Waals surface area contributed by atoms with Gasteiger partial charge < -0.3 is 18.0 Å². The molecule has 0 radical (unpaired) electrons. The van der Waals surface area contributed by atoms with Gasteiger partial charge in [0.25, 0.3) is 0 Å². The van der Waals surface area contributed by atoms with E-state index in [4.69, 9.17) is 13.3 Å². The zero-order valence-electron chi connectivity index (χ0n) is 10.4. The van der Waals surface area contributed by atoms with Crippen molar-refractivity contribution in [1.82, 2.24) is 0 Å². The number of esters is 1. The van der Waals surface area contributed by atoms with Crippen LogP contribution in [0.2, 0.25) is 0 Å². The summed E-state index contributed by atoms with van der Waals surface area (Å²) in [6.45, 7) is 10.3. The molecule has 0 N–H and O–H groups in total. The first-order valence-corrected chi connectivity index (χ1v) is 6.99. The van der Waals surface area contributed by atoms with Gasteiger partial charge >= 0.3 is 14.8 Å². The maximum atomic E-state index is 11.5. The number of hydrogen-bond acceptors (Lipinski definition) is 5. The first-order valence-electron chi connectivity index (χ1n) is 5.27. The molecule has 16 heavy (non-hydrogen) atoms. The molecular formula is C10H20O5Si. The largest absolute Gasteiger partial charge is 0.544 e. The lowest BCUT2D eigenvalue weighted by Gasteiger charge is -2.28. The predicted molar refractivity (Wildman–Crippen MR) is 61.8 cm³/mol. The predicted octanol–water partition coefficient (Wildman–Crippen LogP) is 1.30. The van der Waals surface area contributed by atoms with Crippen LogP contribution in [0, 0.1) is 0 Å². The van der Waals surface area contributed by atoms with Gasteiger partial charge in [0, 0.05) is 19.8 Å². The molecule has 0 aromatic rings. The fourth-order valence-corrected chi connectivity index (χ4v) is 3.47. The van der Waals surface area contributed by atoms with Crippen molar-refractivity contribution in [3.8, 4) is 0 Å². The molecule has 0 aromatic carbocycles. The van der Waals surface area contributed by atoms with Gasteiger partial charge in [0.15, 0.2) is 0 Å². The molecular weight excluding hydrogens is 228 g/mol. The Hall–Kier alpha value is -0.693. The highest BCUT2D eigenvalue weighted by atomic mass is 28.4. The Balaban J connectivity index is 4.97. The topological polar surface area (TPSA) is 54.0 Å². The average molecular weight is 248 g/mol. The third kappa shape index (κ3) is 3.71. The lowest BCUT2D eigenvalue weighted by Crippen LogP contribution is -2.50. The molecule has 0 aliphatic carbocycles. The zero-order valence-corrected chi connectivity index (χ0v) is 11.4. The Bertz CT molecular complexity index is 224. The van der Waals surface area contributed by atoms with E-state index in [1.54, 1.807) is 0 Å². The van der Waals surface area contributed by atoms with E-state index in [0.29, 0.717) is 19.8 Å². The zero-order chi connectivity index (χ0) is 12.6. The third-order valence-electron chi connectivity index (χ3n) is 1.80. The molecule has 0 saturated heterocycles. The molecule has 0 aliphatic rings. The lowest BCUT2D eigenvalue weighted by molar-refractivity contribution is -0.136. The van der Waals surface area contributed by atoms with Gasteiger partial charge in [-0.05, 0) is 20.8 Å². The van der Waals surface area contributed by atoms with E-state index >= 15 is 0 Å². The van der Waals surface area contributed by atoms with E-state index in [9.17, 15) is 4.79 Å². The second kappa shape index (κ2) is 7.56. The van der Waals surface area contributed by atoms with Crippen molar-refractivity contribution >= 4 is 14.8 Å². The summed E-state index contributed by atoms with van der Waals surface area (Å²) in [5.74, 6) is -0.554. The van der Waals surface area contributed by atoms with Gasteiger partial charge in [0.1, 0.15) is 5.20 Å². The molecule has 0 spiro atoms. The van der Waals surface area contributed by atoms with E-state index in [1.165, 1.54) is 7.11 Å². The first kappa shape index (κ1) is 15.3. The highest BCUT2D eigenvalue weighted by molar-refractivity contribution is 6.73. The van der Waals surface area contributed by atoms with E-state index in [1.807, 2.05) is 20.8 Å². The van der Waals surface area contributed by atoms with Crippen LogP contribution < -0.4 is 0 Å². The maximum absolute atomic E-state index is 11.5. The Kier molecular flexibility index (Phi) is 7.23. The van der Waals surface area contributed by atoms with Gasteiger partial charge in [-0.3, -0.25) is 0 Å². The monoisotopic (exact) mass is 248 g/mol. The van der Waals surface area contributed by atoms with Crippen LogP contribution in [0.3, 0.4) is 0 Å². The minimum atomic E-state index is -3.15. The minimum Gasteiger partial charge on any atom is -0.466 e. The molecule has 0 fully saturated rings. The van der Waals surface area contributed by atoms with Crippen LogP contribution in [0.1, 0.15) is 20.8 Å². The lowest BCUT2D eigenvalue weighted by atomic mass is 10.6. The molecule has 6 heteroatoms. The van der Waals surface area contributed by atoms with E-state index in [-0.39, 0.29) is 5.20 Å². The van der Waals surface area contributed by atoms with Crippen LogP contribution in [-0.4, -0.2) is 41.7 Å². The van der Waals surface area contributed by atoms with E-state index in [0.717, 1.165) is 0 Å². The fraction of sp³-hybridized carbons (Fsp3) is 0.700. The summed E-state index contributed by atoms with van der Waals surface area (Å²) >= 11 is 0. The van der Waals surface area contributed by atoms with Gasteiger partial charge in [0.2, 0.25) is 0 Å². The van der Waals surface area contributed by atoms with Gasteiger partial charge in [-0.1, -0.05) is 6.58 Å². The number of methoxy groups -OCH3 is 1. The smallest absolute Gasteiger partial charge is 0.466 e. The summed E-state index contributed by atoms with van der Waals surface area (Å²) in [7, 11) is -1.86. The average Bonchev–Trinajstić information content (AvgIpc) is 2.28. The van der Waals surface area contributed by atoms with E-state index < -0.39 is 14.8 Å². The summed E-state index contributed by atoms with van der Waals surface area (Å²) in [6.07, 6.45) is 0. The summed E-state index contributed by atoms with van der Waals surface area (Å²) in [6, 6.07) is 0. The van der Waals surface area contributed by atoms with Crippen molar-refractivity contribution in [3.63, 3.8) is 0 Å². The summed E-state index contributed by atoms with van der Waals surface area (Å²) in [4.78, 5) is 11.5. The maximum Gasteiger partial charge on any atom is 0.544 e. The van der Waals surface area contributed by atoms with Crippen LogP contribution in [0.25, 0.3) is 0 Å². The molecule has 0 saturated carbocycles. The standard InChI is InChI=1S/C10H20O5Si/c1-6-13-16(14-7-2,15-8-3)9(4)10(11)12-5/h4,6-8H2,1-3,5H3. The number of hydrogen-bond donors (Lipinski definition) is 0. The number of carbonyl (C=O) groups is 1. The fourth-order valence-electron chi connectivity index (χ4n) is 1.20. The van der Waals surface area contributed by atoms with Crippen LogP contribution in [0.5, 0.6) is 0 Å². The molecule has 94 valence electrons. The Morgan fingerprint density at radius 1 is 1.06 bits per heavy atom. The Morgan fingerprint density at radius 2 is 1.44 bits per heavy atom. The van der Waals surface area contributed by atoms with Crippen LogP contribution in [0.4, 0.5) is 0 Å². The molecule has 0 heterocycles. The van der Waals surface area contributed by atoms with Crippen molar-refractivity contribution < 1.29 is 22.8 Å². The SMILES string of the molecule is C=C(C(=O)OC)[Si](OCC)(OCC)OCC. The molecule has 0 unspecified atom stereocenters. The second-order valence-electron chi connectivity index (χ2n) is 2.83. The molecule has 0 rings (SSSR count). The molecule has 0 bridgehead atoms. The molecule has 5 nitrogen and oxygen atoms in total.